The van der Waals surface area contributed by atoms with Gasteiger partial charge in [0, 0.05) is 34.2 Å². The molecule has 0 saturated heterocycles. The van der Waals surface area contributed by atoms with Crippen molar-refractivity contribution in [1.82, 2.24) is 0 Å². The van der Waals surface area contributed by atoms with Gasteiger partial charge in [0.2, 0.25) is 5.91 Å². The zero-order valence-electron chi connectivity index (χ0n) is 26.7. The van der Waals surface area contributed by atoms with E-state index in [-0.39, 0.29) is 42.4 Å². The quantitative estimate of drug-likeness (QED) is 0.176. The van der Waals surface area contributed by atoms with Gasteiger partial charge in [-0.1, -0.05) is 60.7 Å². The van der Waals surface area contributed by atoms with Gasteiger partial charge in [0.15, 0.2) is 0 Å². The Balaban J connectivity index is 0.000000557. The number of carbonyl (C=O) groups excluding carboxylic acids is 3. The summed E-state index contributed by atoms with van der Waals surface area (Å²) in [5, 5.41) is 2.69. The lowest BCUT2D eigenvalue weighted by Gasteiger charge is -2.24. The number of ether oxygens (including phenoxy) is 2. The number of nitrogens with one attached hydrogen (secondary N) is 1. The second kappa shape index (κ2) is 19.6. The zero-order chi connectivity index (χ0) is 33.2. The molecule has 0 fully saturated rings. The summed E-state index contributed by atoms with van der Waals surface area (Å²) in [6, 6.07) is 25.8. The van der Waals surface area contributed by atoms with Gasteiger partial charge in [0.25, 0.3) is 10.1 Å². The second-order valence-corrected chi connectivity index (χ2v) is 12.4. The highest BCUT2D eigenvalue weighted by molar-refractivity contribution is 7.86. The normalized spacial score (nSPS) is 13.1. The molecule has 0 aromatic heterocycles. The van der Waals surface area contributed by atoms with Crippen LogP contribution in [0.3, 0.4) is 0 Å². The van der Waals surface area contributed by atoms with Crippen LogP contribution in [0, 0.1) is 5.92 Å². The van der Waals surface area contributed by atoms with Gasteiger partial charge < -0.3 is 14.8 Å². The fourth-order valence-corrected chi connectivity index (χ4v) is 5.44. The van der Waals surface area contributed by atoms with Crippen molar-refractivity contribution >= 4 is 33.3 Å². The van der Waals surface area contributed by atoms with Crippen LogP contribution < -0.4 is 5.32 Å². The number of hydrogen-bond acceptors (Lipinski definition) is 8. The lowest BCUT2D eigenvalue weighted by Crippen LogP contribution is -2.32. The number of anilines is 1. The number of Topliss-reactive ketones (excluding diaryl/α,β-unsaturated/α-hetero) is 2. The summed E-state index contributed by atoms with van der Waals surface area (Å²) in [5.41, 5.74) is 2.86. The summed E-state index contributed by atoms with van der Waals surface area (Å²) in [7, 11) is 0.494. The van der Waals surface area contributed by atoms with Gasteiger partial charge in [0.1, 0.15) is 11.6 Å². The predicted molar refractivity (Wildman–Crippen MR) is 177 cm³/mol. The van der Waals surface area contributed by atoms with Crippen molar-refractivity contribution < 1.29 is 37.9 Å². The third-order valence-corrected chi connectivity index (χ3v) is 8.62. The molecule has 1 amide bonds. The number of benzene rings is 3. The first-order chi connectivity index (χ1) is 21.5. The molecule has 3 aromatic carbocycles. The maximum Gasteiger partial charge on any atom is 0.296 e. The van der Waals surface area contributed by atoms with E-state index < -0.39 is 16.0 Å². The van der Waals surface area contributed by atoms with E-state index in [2.05, 4.69) is 21.6 Å². The van der Waals surface area contributed by atoms with Gasteiger partial charge in [-0.15, -0.1) is 0 Å². The number of rotatable bonds is 17. The van der Waals surface area contributed by atoms with E-state index in [1.165, 1.54) is 36.8 Å². The molecule has 0 saturated carbocycles. The Kier molecular flexibility index (Phi) is 16.4. The first kappa shape index (κ1) is 37.5. The van der Waals surface area contributed by atoms with Crippen molar-refractivity contribution in [2.75, 3.05) is 26.6 Å². The summed E-state index contributed by atoms with van der Waals surface area (Å²) in [4.78, 5) is 35.6. The Bertz CT molecular complexity index is 1430. The van der Waals surface area contributed by atoms with Crippen LogP contribution in [0.15, 0.2) is 89.8 Å². The van der Waals surface area contributed by atoms with Crippen molar-refractivity contribution in [3.05, 3.63) is 96.1 Å². The van der Waals surface area contributed by atoms with Gasteiger partial charge in [-0.3, -0.25) is 18.6 Å². The van der Waals surface area contributed by atoms with Gasteiger partial charge in [-0.25, -0.2) is 0 Å². The largest absolute Gasteiger partial charge is 0.381 e. The molecule has 0 aliphatic heterocycles. The summed E-state index contributed by atoms with van der Waals surface area (Å²) >= 11 is 0. The highest BCUT2D eigenvalue weighted by atomic mass is 32.2. The van der Waals surface area contributed by atoms with Crippen LogP contribution >= 0.6 is 0 Å². The standard InChI is InChI=1S/C22H27NO6S.C13H18O2.H2/c1-16(24)20(21(28-2)14-9-17-7-5-4-6-8-17)15-22(25)23-18-10-12-19(13-11-18)30(26,27)29-3;1-11(14)10-13(15-2)9-8-12-6-4-3-5-7-12;/h4-8,10-13,20-21H,9,14-15H2,1-3H3,(H,23,25);3-7,13H,8-10H2,1-2H3;1H. The van der Waals surface area contributed by atoms with Crippen LogP contribution in [0.1, 0.15) is 52.1 Å². The molecule has 3 aromatic rings. The highest BCUT2D eigenvalue weighted by Crippen LogP contribution is 2.21. The van der Waals surface area contributed by atoms with Crippen LogP contribution in [0.5, 0.6) is 0 Å². The summed E-state index contributed by atoms with van der Waals surface area (Å²) in [6.45, 7) is 3.06. The van der Waals surface area contributed by atoms with E-state index in [4.69, 9.17) is 9.47 Å². The van der Waals surface area contributed by atoms with E-state index in [0.717, 1.165) is 31.9 Å². The molecule has 0 spiro atoms. The zero-order valence-corrected chi connectivity index (χ0v) is 27.5. The summed E-state index contributed by atoms with van der Waals surface area (Å²) in [5.74, 6) is -0.854. The first-order valence-electron chi connectivity index (χ1n) is 14.8. The third kappa shape index (κ3) is 13.9. The number of methoxy groups -OCH3 is 2. The van der Waals surface area contributed by atoms with E-state index >= 15 is 0 Å². The molecule has 3 atom stereocenters. The van der Waals surface area contributed by atoms with Crippen LogP contribution in [-0.4, -0.2) is 59.4 Å². The lowest BCUT2D eigenvalue weighted by molar-refractivity contribution is -0.130. The van der Waals surface area contributed by atoms with Crippen molar-refractivity contribution in [2.24, 2.45) is 5.92 Å². The van der Waals surface area contributed by atoms with E-state index in [1.807, 2.05) is 48.5 Å². The molecule has 1 N–H and O–H groups in total. The lowest BCUT2D eigenvalue weighted by atomic mass is 9.90. The van der Waals surface area contributed by atoms with Crippen molar-refractivity contribution in [3.8, 4) is 0 Å². The number of carbonyl (C=O) groups is 3. The molecule has 0 aliphatic rings. The van der Waals surface area contributed by atoms with Crippen LogP contribution in [0.2, 0.25) is 0 Å². The van der Waals surface area contributed by atoms with Gasteiger partial charge in [-0.2, -0.15) is 8.42 Å². The molecule has 246 valence electrons. The molecule has 0 bridgehead atoms. The van der Waals surface area contributed by atoms with Crippen molar-refractivity contribution in [1.29, 1.82) is 0 Å². The van der Waals surface area contributed by atoms with Crippen LogP contribution in [0.4, 0.5) is 5.69 Å². The number of hydrogen-bond donors (Lipinski definition) is 1. The average molecular weight is 642 g/mol. The predicted octanol–water partition coefficient (Wildman–Crippen LogP) is 6.06. The molecule has 0 radical (unpaired) electrons. The maximum atomic E-state index is 12.5. The molecule has 0 aliphatic carbocycles. The molecule has 3 unspecified atom stereocenters. The van der Waals surface area contributed by atoms with Gasteiger partial charge in [0.05, 0.1) is 30.1 Å². The minimum Gasteiger partial charge on any atom is -0.381 e. The fraction of sp³-hybridized carbons (Fsp3) is 0.400. The molecule has 0 heterocycles. The Morgan fingerprint density at radius 1 is 0.733 bits per heavy atom. The Labute approximate surface area is 268 Å². The SMILES string of the molecule is COC(CCc1ccccc1)C(CC(=O)Nc1ccc(S(=O)(=O)OC)cc1)C(C)=O.COC(CCc1ccccc1)CC(C)=O.[HH]. The molecule has 45 heavy (non-hydrogen) atoms. The first-order valence-corrected chi connectivity index (χ1v) is 16.2. The van der Waals surface area contributed by atoms with Crippen molar-refractivity contribution in [3.63, 3.8) is 0 Å². The number of amides is 1. The second-order valence-electron chi connectivity index (χ2n) is 10.7. The molecule has 3 rings (SSSR count). The van der Waals surface area contributed by atoms with E-state index in [9.17, 15) is 22.8 Å². The topological polar surface area (TPSA) is 125 Å². The van der Waals surface area contributed by atoms with E-state index in [0.29, 0.717) is 18.5 Å². The average Bonchev–Trinajstić information content (AvgIpc) is 3.04. The Morgan fingerprint density at radius 2 is 1.27 bits per heavy atom. The van der Waals surface area contributed by atoms with Gasteiger partial charge in [-0.05, 0) is 74.9 Å². The number of ketones is 2. The molecular formula is C35H47NO8S. The van der Waals surface area contributed by atoms with E-state index in [1.54, 1.807) is 21.1 Å². The third-order valence-electron chi connectivity index (χ3n) is 7.33. The Morgan fingerprint density at radius 3 is 1.71 bits per heavy atom. The number of aryl methyl sites for hydroxylation is 2. The smallest absolute Gasteiger partial charge is 0.296 e. The molecule has 9 nitrogen and oxygen atoms in total. The summed E-state index contributed by atoms with van der Waals surface area (Å²) < 4.78 is 38.6. The van der Waals surface area contributed by atoms with Crippen LogP contribution in [0.25, 0.3) is 0 Å². The van der Waals surface area contributed by atoms with Gasteiger partial charge >= 0.3 is 0 Å². The minimum atomic E-state index is -3.79. The van der Waals surface area contributed by atoms with Crippen molar-refractivity contribution in [2.45, 2.75) is 69.5 Å². The monoisotopic (exact) mass is 641 g/mol. The Hall–Kier alpha value is -3.70. The van der Waals surface area contributed by atoms with Crippen LogP contribution in [-0.2, 0) is 51.0 Å². The molecular weight excluding hydrogens is 594 g/mol. The maximum absolute atomic E-state index is 12.5. The fourth-order valence-electron chi connectivity index (χ4n) is 4.78. The summed E-state index contributed by atoms with van der Waals surface area (Å²) in [6.07, 6.45) is 3.38. The minimum absolute atomic E-state index is 0. The highest BCUT2D eigenvalue weighted by Gasteiger charge is 2.28. The molecule has 10 heteroatoms.